The van der Waals surface area contributed by atoms with Crippen LogP contribution in [0.25, 0.3) is 5.65 Å². The lowest BCUT2D eigenvalue weighted by molar-refractivity contribution is 0.0755. The number of hydrogen-bond acceptors (Lipinski definition) is 3. The molecule has 152 valence electrons. The number of fused-ring (bicyclic) bond motifs is 1. The van der Waals surface area contributed by atoms with Crippen molar-refractivity contribution in [2.75, 3.05) is 13.1 Å². The van der Waals surface area contributed by atoms with Crippen molar-refractivity contribution in [1.29, 1.82) is 0 Å². The lowest BCUT2D eigenvalue weighted by Crippen LogP contribution is -2.32. The third kappa shape index (κ3) is 4.39. The molecule has 1 saturated heterocycles. The van der Waals surface area contributed by atoms with Crippen molar-refractivity contribution in [2.24, 2.45) is 5.92 Å². The van der Waals surface area contributed by atoms with Crippen molar-refractivity contribution in [3.05, 3.63) is 29.2 Å². The average molecular weight is 383 g/mol. The molecule has 1 aliphatic heterocycles. The quantitative estimate of drug-likeness (QED) is 0.745. The number of carbonyl (C=O) groups excluding carboxylic acids is 1. The molecule has 0 N–H and O–H groups in total. The summed E-state index contributed by atoms with van der Waals surface area (Å²) in [6, 6.07) is 4.15. The minimum absolute atomic E-state index is 0.0729. The molecule has 0 aromatic carbocycles. The van der Waals surface area contributed by atoms with E-state index in [1.54, 1.807) is 0 Å². The second-order valence-corrected chi connectivity index (χ2v) is 8.70. The predicted octanol–water partition coefficient (Wildman–Crippen LogP) is 4.82. The third-order valence-corrected chi connectivity index (χ3v) is 6.40. The van der Waals surface area contributed by atoms with Crippen LogP contribution in [0.3, 0.4) is 0 Å². The lowest BCUT2D eigenvalue weighted by Gasteiger charge is -2.21. The van der Waals surface area contributed by atoms with E-state index >= 15 is 0 Å². The molecule has 5 heteroatoms. The molecule has 2 aromatic rings. The van der Waals surface area contributed by atoms with Crippen LogP contribution in [0.2, 0.25) is 0 Å². The van der Waals surface area contributed by atoms with Gasteiger partial charge < -0.3 is 4.90 Å². The Labute approximate surface area is 168 Å². The average Bonchev–Trinajstić information content (AvgIpc) is 2.95. The molecular weight excluding hydrogens is 348 g/mol. The van der Waals surface area contributed by atoms with Gasteiger partial charge in [-0.25, -0.2) is 9.50 Å². The van der Waals surface area contributed by atoms with E-state index in [1.807, 2.05) is 15.5 Å². The first-order chi connectivity index (χ1) is 13.7. The van der Waals surface area contributed by atoms with E-state index < -0.39 is 0 Å². The standard InChI is InChI=1S/C23H34N4O/c1-2-10-20-16-19(15-18-11-6-5-7-12-18)24-22-17-21(25-27(20)22)23(28)26-13-8-3-4-9-14-26/h16-18H,2-15H2,1H3. The van der Waals surface area contributed by atoms with Gasteiger partial charge >= 0.3 is 0 Å². The molecule has 3 heterocycles. The monoisotopic (exact) mass is 382 g/mol. The molecule has 2 fully saturated rings. The van der Waals surface area contributed by atoms with Gasteiger partial charge in [0.15, 0.2) is 11.3 Å². The van der Waals surface area contributed by atoms with Crippen LogP contribution in [-0.2, 0) is 12.8 Å². The summed E-state index contributed by atoms with van der Waals surface area (Å²) in [6.45, 7) is 3.91. The highest BCUT2D eigenvalue weighted by atomic mass is 16.2. The van der Waals surface area contributed by atoms with Crippen LogP contribution in [0, 0.1) is 5.92 Å². The molecule has 2 aromatic heterocycles. The molecule has 5 nitrogen and oxygen atoms in total. The second-order valence-electron chi connectivity index (χ2n) is 8.70. The van der Waals surface area contributed by atoms with E-state index in [4.69, 9.17) is 4.98 Å². The van der Waals surface area contributed by atoms with Gasteiger partial charge in [-0.05, 0) is 37.7 Å². The molecule has 0 radical (unpaired) electrons. The van der Waals surface area contributed by atoms with E-state index in [0.717, 1.165) is 56.8 Å². The zero-order valence-corrected chi connectivity index (χ0v) is 17.3. The summed E-state index contributed by atoms with van der Waals surface area (Å²) in [4.78, 5) is 19.9. The van der Waals surface area contributed by atoms with E-state index in [0.29, 0.717) is 5.69 Å². The number of rotatable bonds is 5. The number of likely N-dealkylation sites (tertiary alicyclic amines) is 1. The first-order valence-electron chi connectivity index (χ1n) is 11.4. The van der Waals surface area contributed by atoms with Gasteiger partial charge in [0, 0.05) is 30.5 Å². The van der Waals surface area contributed by atoms with Crippen LogP contribution in [0.4, 0.5) is 0 Å². The molecule has 28 heavy (non-hydrogen) atoms. The van der Waals surface area contributed by atoms with Gasteiger partial charge in [0.1, 0.15) is 0 Å². The Hall–Kier alpha value is -1.91. The van der Waals surface area contributed by atoms with Crippen LogP contribution >= 0.6 is 0 Å². The number of carbonyl (C=O) groups is 1. The normalized spacial score (nSPS) is 19.1. The van der Waals surface area contributed by atoms with Gasteiger partial charge in [-0.3, -0.25) is 4.79 Å². The highest BCUT2D eigenvalue weighted by molar-refractivity contribution is 5.93. The van der Waals surface area contributed by atoms with E-state index in [2.05, 4.69) is 18.1 Å². The molecular formula is C23H34N4O. The van der Waals surface area contributed by atoms with Crippen molar-refractivity contribution < 1.29 is 4.79 Å². The topological polar surface area (TPSA) is 50.5 Å². The zero-order chi connectivity index (χ0) is 19.3. The summed E-state index contributed by atoms with van der Waals surface area (Å²) in [5, 5.41) is 4.69. The molecule has 1 amide bonds. The molecule has 1 saturated carbocycles. The second kappa shape index (κ2) is 9.06. The van der Waals surface area contributed by atoms with E-state index in [9.17, 15) is 4.79 Å². The molecule has 2 aliphatic rings. The maximum absolute atomic E-state index is 13.0. The Morgan fingerprint density at radius 2 is 1.75 bits per heavy atom. The third-order valence-electron chi connectivity index (χ3n) is 6.40. The Bertz CT molecular complexity index is 798. The van der Waals surface area contributed by atoms with Crippen molar-refractivity contribution in [3.63, 3.8) is 0 Å². The highest BCUT2D eigenvalue weighted by Crippen LogP contribution is 2.27. The fraction of sp³-hybridized carbons (Fsp3) is 0.696. The Kier molecular flexibility index (Phi) is 6.28. The summed E-state index contributed by atoms with van der Waals surface area (Å²) >= 11 is 0. The number of nitrogens with zero attached hydrogens (tertiary/aromatic N) is 4. The number of hydrogen-bond donors (Lipinski definition) is 0. The van der Waals surface area contributed by atoms with Crippen LogP contribution in [0.1, 0.15) is 93.0 Å². The Balaban J connectivity index is 1.60. The van der Waals surface area contributed by atoms with Crippen LogP contribution in [0.15, 0.2) is 12.1 Å². The fourth-order valence-electron chi connectivity index (χ4n) is 4.86. The number of aryl methyl sites for hydroxylation is 1. The van der Waals surface area contributed by atoms with Gasteiger partial charge in [0.05, 0.1) is 0 Å². The summed E-state index contributed by atoms with van der Waals surface area (Å²) < 4.78 is 1.92. The molecule has 4 rings (SSSR count). The summed E-state index contributed by atoms with van der Waals surface area (Å²) in [7, 11) is 0. The lowest BCUT2D eigenvalue weighted by atomic mass is 9.86. The molecule has 0 bridgehead atoms. The minimum Gasteiger partial charge on any atom is -0.337 e. The van der Waals surface area contributed by atoms with Gasteiger partial charge in [-0.15, -0.1) is 0 Å². The van der Waals surface area contributed by atoms with Crippen LogP contribution in [-0.4, -0.2) is 38.5 Å². The van der Waals surface area contributed by atoms with E-state index in [1.165, 1.54) is 56.3 Å². The molecule has 0 atom stereocenters. The molecule has 0 unspecified atom stereocenters. The maximum atomic E-state index is 13.0. The van der Waals surface area contributed by atoms with Crippen molar-refractivity contribution >= 4 is 11.6 Å². The van der Waals surface area contributed by atoms with Gasteiger partial charge in [-0.1, -0.05) is 58.3 Å². The SMILES string of the molecule is CCCc1cc(CC2CCCCC2)nc2cc(C(=O)N3CCCCCC3)nn12. The Morgan fingerprint density at radius 1 is 1.04 bits per heavy atom. The maximum Gasteiger partial charge on any atom is 0.274 e. The minimum atomic E-state index is 0.0729. The van der Waals surface area contributed by atoms with E-state index in [-0.39, 0.29) is 5.91 Å². The fourth-order valence-corrected chi connectivity index (χ4v) is 4.86. The Morgan fingerprint density at radius 3 is 2.46 bits per heavy atom. The van der Waals surface area contributed by atoms with Crippen molar-refractivity contribution in [1.82, 2.24) is 19.5 Å². The number of aromatic nitrogens is 3. The van der Waals surface area contributed by atoms with Crippen molar-refractivity contribution in [3.8, 4) is 0 Å². The van der Waals surface area contributed by atoms with Crippen LogP contribution < -0.4 is 0 Å². The zero-order valence-electron chi connectivity index (χ0n) is 17.3. The van der Waals surface area contributed by atoms with Gasteiger partial charge in [-0.2, -0.15) is 5.10 Å². The summed E-state index contributed by atoms with van der Waals surface area (Å²) in [5.41, 5.74) is 3.77. The van der Waals surface area contributed by atoms with Crippen LogP contribution in [0.5, 0.6) is 0 Å². The molecule has 0 spiro atoms. The largest absolute Gasteiger partial charge is 0.337 e. The number of amides is 1. The van der Waals surface area contributed by atoms with Gasteiger partial charge in [0.25, 0.3) is 5.91 Å². The molecule has 1 aliphatic carbocycles. The first-order valence-corrected chi connectivity index (χ1v) is 11.4. The summed E-state index contributed by atoms with van der Waals surface area (Å²) in [6.07, 6.45) is 14.5. The smallest absolute Gasteiger partial charge is 0.274 e. The van der Waals surface area contributed by atoms with Crippen molar-refractivity contribution in [2.45, 2.75) is 84.0 Å². The highest BCUT2D eigenvalue weighted by Gasteiger charge is 2.22. The van der Waals surface area contributed by atoms with Gasteiger partial charge in [0.2, 0.25) is 0 Å². The first kappa shape index (κ1) is 19.4. The summed E-state index contributed by atoms with van der Waals surface area (Å²) in [5.74, 6) is 0.836. The predicted molar refractivity (Wildman–Crippen MR) is 112 cm³/mol.